The van der Waals surface area contributed by atoms with Gasteiger partial charge in [-0.3, -0.25) is 4.79 Å². The molecule has 0 unspecified atom stereocenters. The number of aliphatic hydroxyl groups is 3. The molecule has 8 heteroatoms. The van der Waals surface area contributed by atoms with Gasteiger partial charge in [-0.15, -0.1) is 0 Å². The molecule has 0 amide bonds. The van der Waals surface area contributed by atoms with E-state index in [1.165, 1.54) is 31.3 Å². The fourth-order valence-corrected chi connectivity index (χ4v) is 14.9. The van der Waals surface area contributed by atoms with Crippen LogP contribution in [0.4, 0.5) is 0 Å². The molecule has 2 saturated heterocycles. The van der Waals surface area contributed by atoms with E-state index in [1.807, 2.05) is 13.0 Å². The van der Waals surface area contributed by atoms with Crippen LogP contribution in [0.2, 0.25) is 0 Å². The van der Waals surface area contributed by atoms with E-state index in [2.05, 4.69) is 39.1 Å². The zero-order valence-electron chi connectivity index (χ0n) is 33.2. The summed E-state index contributed by atoms with van der Waals surface area (Å²) in [5.41, 5.74) is 5.51. The van der Waals surface area contributed by atoms with Crippen LogP contribution in [0.5, 0.6) is 0 Å². The van der Waals surface area contributed by atoms with Gasteiger partial charge in [0.15, 0.2) is 5.78 Å². The molecule has 9 rings (SSSR count). The maximum absolute atomic E-state index is 14.9. The quantitative estimate of drug-likeness (QED) is 0.176. The van der Waals surface area contributed by atoms with Crippen LogP contribution in [0.25, 0.3) is 0 Å². The van der Waals surface area contributed by atoms with E-state index >= 15 is 0 Å². The van der Waals surface area contributed by atoms with Crippen molar-refractivity contribution in [1.82, 2.24) is 5.32 Å². The number of epoxide rings is 1. The van der Waals surface area contributed by atoms with Gasteiger partial charge in [0.05, 0.1) is 23.1 Å². The maximum atomic E-state index is 14.9. The van der Waals surface area contributed by atoms with Gasteiger partial charge >= 0.3 is 0 Å². The summed E-state index contributed by atoms with van der Waals surface area (Å²) in [6.07, 6.45) is 18.0. The van der Waals surface area contributed by atoms with Crippen molar-refractivity contribution < 1.29 is 29.6 Å². The molecule has 6 aliphatic carbocycles. The Kier molecular flexibility index (Phi) is 8.63. The standard InChI is InChI=1S/C45H68N2O6/c1-26-16-21-52-44(25-26,39-38(53-39)42(5,50)40(2,3)17-12-27-15-20-47-35(46)22-27)34-23-29-10-11-31-36-32(14-18-41(34,4)45(29,36)51)43(28-8-6-7-9-28)19-13-30(48)24-33(43)37(31)49/h15,22,26,28-30,32-34,38-39,47-48,50-51H,6-14,16-21,23-25,46H2,1-5H3/t26-,29-,30-,32-,33-,34-,38-,39-,41+,42-,43-,44+,45+/m0/s1. The van der Waals surface area contributed by atoms with Crippen molar-refractivity contribution in [3.63, 3.8) is 0 Å². The number of ketones is 1. The van der Waals surface area contributed by atoms with Crippen LogP contribution >= 0.6 is 0 Å². The Morgan fingerprint density at radius 2 is 1.79 bits per heavy atom. The van der Waals surface area contributed by atoms with Gasteiger partial charge in [-0.1, -0.05) is 46.6 Å². The zero-order valence-corrected chi connectivity index (χ0v) is 33.2. The minimum Gasteiger partial charge on any atom is -0.393 e. The number of aliphatic hydroxyl groups excluding tert-OH is 1. The lowest BCUT2D eigenvalue weighted by Crippen LogP contribution is -2.66. The first kappa shape index (κ1) is 36.9. The fourth-order valence-electron chi connectivity index (χ4n) is 14.9. The van der Waals surface area contributed by atoms with Crippen molar-refractivity contribution in [2.45, 2.75) is 172 Å². The first-order valence-corrected chi connectivity index (χ1v) is 21.7. The normalized spacial score (nSPS) is 48.0. The number of Topliss-reactive ketones (excluding diaryl/α,β-unsaturated/α-hetero) is 1. The number of carbonyl (C=O) groups excluding carboxylic acids is 1. The van der Waals surface area contributed by atoms with Crippen molar-refractivity contribution >= 4 is 5.78 Å². The average Bonchev–Trinajstić information content (AvgIpc) is 3.69. The van der Waals surface area contributed by atoms with Gasteiger partial charge in [0, 0.05) is 24.5 Å². The Bertz CT molecular complexity index is 1610. The monoisotopic (exact) mass is 733 g/mol. The van der Waals surface area contributed by atoms with Crippen molar-refractivity contribution in [3.05, 3.63) is 34.7 Å². The van der Waals surface area contributed by atoms with Crippen LogP contribution in [-0.2, 0) is 14.3 Å². The molecular weight excluding hydrogens is 665 g/mol. The molecule has 3 heterocycles. The Morgan fingerprint density at radius 1 is 1.02 bits per heavy atom. The molecule has 13 atom stereocenters. The van der Waals surface area contributed by atoms with E-state index < -0.39 is 33.7 Å². The average molecular weight is 733 g/mol. The highest BCUT2D eigenvalue weighted by atomic mass is 16.6. The minimum absolute atomic E-state index is 0.0471. The van der Waals surface area contributed by atoms with Crippen LogP contribution in [-0.4, -0.2) is 69.4 Å². The van der Waals surface area contributed by atoms with Gasteiger partial charge in [0.2, 0.25) is 0 Å². The van der Waals surface area contributed by atoms with Crippen molar-refractivity contribution in [2.24, 2.45) is 57.5 Å². The van der Waals surface area contributed by atoms with Crippen LogP contribution in [0.15, 0.2) is 34.7 Å². The Hall–Kier alpha value is -1.71. The number of carbonyl (C=O) groups is 1. The number of nitrogens with two attached hydrogens (primary N) is 1. The van der Waals surface area contributed by atoms with Crippen molar-refractivity contribution in [1.29, 1.82) is 0 Å². The van der Waals surface area contributed by atoms with E-state index in [0.29, 0.717) is 30.7 Å². The first-order valence-electron chi connectivity index (χ1n) is 21.7. The van der Waals surface area contributed by atoms with Crippen molar-refractivity contribution in [3.8, 4) is 0 Å². The number of nitrogens with one attached hydrogen (secondary N) is 1. The third kappa shape index (κ3) is 5.06. The lowest BCUT2D eigenvalue weighted by molar-refractivity contribution is -0.200. The molecular formula is C45H68N2O6. The van der Waals surface area contributed by atoms with Gasteiger partial charge in [0.25, 0.3) is 0 Å². The smallest absolute Gasteiger partial charge is 0.162 e. The van der Waals surface area contributed by atoms with Gasteiger partial charge in [-0.25, -0.2) is 0 Å². The molecule has 0 radical (unpaired) electrons. The summed E-state index contributed by atoms with van der Waals surface area (Å²) in [4.78, 5) is 14.9. The Morgan fingerprint density at radius 3 is 2.53 bits per heavy atom. The Labute approximate surface area is 317 Å². The predicted octanol–water partition coefficient (Wildman–Crippen LogP) is 6.62. The molecule has 9 aliphatic rings. The summed E-state index contributed by atoms with van der Waals surface area (Å²) in [5, 5.41) is 40.4. The molecule has 294 valence electrons. The minimum atomic E-state index is -1.10. The molecule has 0 spiro atoms. The van der Waals surface area contributed by atoms with Crippen LogP contribution in [0, 0.1) is 51.8 Å². The molecule has 4 saturated carbocycles. The molecule has 0 aromatic rings. The number of rotatable bonds is 8. The first-order chi connectivity index (χ1) is 25.1. The fraction of sp³-hybridized carbons (Fsp3) is 0.844. The molecule has 0 aromatic carbocycles. The van der Waals surface area contributed by atoms with E-state index in [-0.39, 0.29) is 47.1 Å². The topological polar surface area (TPSA) is 138 Å². The second-order valence-corrected chi connectivity index (χ2v) is 20.8. The largest absolute Gasteiger partial charge is 0.393 e. The van der Waals surface area contributed by atoms with Crippen LogP contribution in [0.1, 0.15) is 137 Å². The summed E-state index contributed by atoms with van der Waals surface area (Å²) >= 11 is 0. The molecule has 3 aliphatic heterocycles. The van der Waals surface area contributed by atoms with E-state index in [4.69, 9.17) is 15.2 Å². The molecule has 8 nitrogen and oxygen atoms in total. The number of ether oxygens (including phenoxy) is 2. The van der Waals surface area contributed by atoms with E-state index in [9.17, 15) is 20.1 Å². The third-order valence-electron chi connectivity index (χ3n) is 18.2. The molecule has 0 bridgehead atoms. The maximum Gasteiger partial charge on any atom is 0.162 e. The molecule has 6 N–H and O–H groups in total. The summed E-state index contributed by atoms with van der Waals surface area (Å²) in [5.74, 6) is 2.11. The van der Waals surface area contributed by atoms with Gasteiger partial charge < -0.3 is 35.8 Å². The van der Waals surface area contributed by atoms with Gasteiger partial charge in [-0.2, -0.15) is 0 Å². The second kappa shape index (κ2) is 12.4. The van der Waals surface area contributed by atoms with Crippen LogP contribution in [0.3, 0.4) is 0 Å². The SMILES string of the molecule is C[C@H]1CCO[C@]([C@H]2C[C@@H]3CCC4=C5[C@H](CC[C@@]2(C)[C@]53O)[C@@]2(C3CCCC3)CC[C@H](O)C[C@H]2C4=O)([C@H]2O[C@@H]2[C@](C)(O)C(C)(C)CCC2=CCNC(N)=C2)C1. The summed E-state index contributed by atoms with van der Waals surface area (Å²) in [6, 6.07) is 0. The molecule has 0 aromatic heterocycles. The van der Waals surface area contributed by atoms with Gasteiger partial charge in [-0.05, 0) is 160 Å². The lowest BCUT2D eigenvalue weighted by atomic mass is 9.40. The number of fused-ring (bicyclic) bond motifs is 2. The second-order valence-electron chi connectivity index (χ2n) is 20.8. The molecule has 53 heavy (non-hydrogen) atoms. The van der Waals surface area contributed by atoms with Crippen LogP contribution < -0.4 is 11.1 Å². The zero-order chi connectivity index (χ0) is 37.3. The van der Waals surface area contributed by atoms with Gasteiger partial charge in [0.1, 0.15) is 17.8 Å². The lowest BCUT2D eigenvalue weighted by Gasteiger charge is -2.65. The molecule has 6 fully saturated rings. The summed E-state index contributed by atoms with van der Waals surface area (Å²) < 4.78 is 14.0. The summed E-state index contributed by atoms with van der Waals surface area (Å²) in [7, 11) is 0. The highest BCUT2D eigenvalue weighted by Gasteiger charge is 2.78. The van der Waals surface area contributed by atoms with Crippen molar-refractivity contribution in [2.75, 3.05) is 13.2 Å². The number of hydrogen-bond acceptors (Lipinski definition) is 8. The number of dihydropyridines is 1. The third-order valence-corrected chi connectivity index (χ3v) is 18.2. The highest BCUT2D eigenvalue weighted by Crippen LogP contribution is 2.76. The number of allylic oxidation sites excluding steroid dienone is 3. The predicted molar refractivity (Wildman–Crippen MR) is 204 cm³/mol. The van der Waals surface area contributed by atoms with E-state index in [1.54, 1.807) is 0 Å². The Balaban J connectivity index is 1.07. The highest BCUT2D eigenvalue weighted by molar-refractivity contribution is 6.00. The van der Waals surface area contributed by atoms with E-state index in [0.717, 1.165) is 88.3 Å². The summed E-state index contributed by atoms with van der Waals surface area (Å²) in [6.45, 7) is 12.4. The number of hydrogen-bond donors (Lipinski definition) is 5.